The van der Waals surface area contributed by atoms with Crippen LogP contribution in [0.1, 0.15) is 53.6 Å². The number of imidazole rings is 1. The Morgan fingerprint density at radius 3 is 2.55 bits per heavy atom. The number of anilines is 1. The van der Waals surface area contributed by atoms with Gasteiger partial charge in [0.15, 0.2) is 5.82 Å². The van der Waals surface area contributed by atoms with Gasteiger partial charge in [0.05, 0.1) is 16.7 Å². The van der Waals surface area contributed by atoms with Crippen LogP contribution in [0.25, 0.3) is 11.0 Å². The standard InChI is InChI=1S/C23H31N5O2S/c1-15-12-16(2)22(17(3)13-15)31(29,30)26-10-6-7-11-28-14-25-20-21(28)18-8-4-5-9-19(18)27-23(20)24/h12-14,26H,4-11H2,1-3H3,(H2,24,27). The summed E-state index contributed by atoms with van der Waals surface area (Å²) >= 11 is 0. The lowest BCUT2D eigenvalue weighted by Crippen LogP contribution is -2.26. The highest BCUT2D eigenvalue weighted by atomic mass is 32.2. The number of nitrogen functional groups attached to an aromatic ring is 1. The Balaban J connectivity index is 1.41. The molecule has 7 nitrogen and oxygen atoms in total. The normalized spacial score (nSPS) is 14.2. The molecule has 1 aromatic carbocycles. The quantitative estimate of drug-likeness (QED) is 0.546. The van der Waals surface area contributed by atoms with Crippen molar-refractivity contribution < 1.29 is 8.42 Å². The SMILES string of the molecule is Cc1cc(C)c(S(=O)(=O)NCCCCn2cnc3c(N)nc4c(c32)CCCC4)c(C)c1. The van der Waals surface area contributed by atoms with Crippen molar-refractivity contribution in [1.82, 2.24) is 19.3 Å². The van der Waals surface area contributed by atoms with Crippen molar-refractivity contribution in [3.8, 4) is 0 Å². The number of sulfonamides is 1. The molecular weight excluding hydrogens is 410 g/mol. The van der Waals surface area contributed by atoms with E-state index in [1.54, 1.807) is 0 Å². The van der Waals surface area contributed by atoms with Crippen LogP contribution in [0.4, 0.5) is 5.82 Å². The van der Waals surface area contributed by atoms with Crippen LogP contribution in [0.2, 0.25) is 0 Å². The van der Waals surface area contributed by atoms with Crippen molar-refractivity contribution >= 4 is 26.9 Å². The molecule has 0 aliphatic heterocycles. The maximum atomic E-state index is 12.8. The third-order valence-electron chi connectivity index (χ3n) is 6.05. The second-order valence-electron chi connectivity index (χ2n) is 8.60. The minimum absolute atomic E-state index is 0.397. The van der Waals surface area contributed by atoms with Crippen molar-refractivity contribution in [2.45, 2.75) is 70.7 Å². The molecule has 3 aromatic rings. The first-order valence-electron chi connectivity index (χ1n) is 11.0. The zero-order chi connectivity index (χ0) is 22.2. The number of rotatable bonds is 7. The molecule has 1 aliphatic rings. The molecule has 8 heteroatoms. The van der Waals surface area contributed by atoms with E-state index in [1.165, 1.54) is 12.0 Å². The van der Waals surface area contributed by atoms with Gasteiger partial charge in [-0.1, -0.05) is 17.7 Å². The van der Waals surface area contributed by atoms with Crippen LogP contribution in [0.15, 0.2) is 23.4 Å². The molecule has 0 saturated heterocycles. The molecule has 3 N–H and O–H groups in total. The highest BCUT2D eigenvalue weighted by Gasteiger charge is 2.21. The van der Waals surface area contributed by atoms with Crippen molar-refractivity contribution in [2.75, 3.05) is 12.3 Å². The van der Waals surface area contributed by atoms with E-state index in [0.717, 1.165) is 72.1 Å². The lowest BCUT2D eigenvalue weighted by Gasteiger charge is -2.18. The number of unbranched alkanes of at least 4 members (excludes halogenated alkanes) is 1. The number of hydrogen-bond donors (Lipinski definition) is 2. The van der Waals surface area contributed by atoms with Gasteiger partial charge in [0, 0.05) is 18.8 Å². The second-order valence-corrected chi connectivity index (χ2v) is 10.3. The number of benzene rings is 1. The average molecular weight is 442 g/mol. The summed E-state index contributed by atoms with van der Waals surface area (Å²) in [6.45, 7) is 6.85. The first kappa shape index (κ1) is 21.8. The molecule has 0 spiro atoms. The number of aryl methyl sites for hydroxylation is 6. The topological polar surface area (TPSA) is 103 Å². The highest BCUT2D eigenvalue weighted by molar-refractivity contribution is 7.89. The molecule has 1 aliphatic carbocycles. The van der Waals surface area contributed by atoms with Crippen LogP contribution < -0.4 is 10.5 Å². The van der Waals surface area contributed by atoms with Gasteiger partial charge < -0.3 is 10.3 Å². The third-order valence-corrected chi connectivity index (χ3v) is 7.82. The molecule has 0 amide bonds. The molecule has 2 aromatic heterocycles. The van der Waals surface area contributed by atoms with Gasteiger partial charge in [0.1, 0.15) is 5.52 Å². The molecule has 0 bridgehead atoms. The van der Waals surface area contributed by atoms with Crippen molar-refractivity contribution in [2.24, 2.45) is 0 Å². The number of nitrogens with two attached hydrogens (primary N) is 1. The van der Waals surface area contributed by atoms with Crippen LogP contribution in [-0.2, 0) is 29.4 Å². The van der Waals surface area contributed by atoms with E-state index in [-0.39, 0.29) is 0 Å². The van der Waals surface area contributed by atoms with Crippen LogP contribution in [-0.4, -0.2) is 29.5 Å². The largest absolute Gasteiger partial charge is 0.382 e. The fraction of sp³-hybridized carbons (Fsp3) is 0.478. The van der Waals surface area contributed by atoms with Gasteiger partial charge in [-0.15, -0.1) is 0 Å². The monoisotopic (exact) mass is 441 g/mol. The summed E-state index contributed by atoms with van der Waals surface area (Å²) < 4.78 is 30.5. The molecule has 2 heterocycles. The Labute approximate surface area is 184 Å². The first-order valence-corrected chi connectivity index (χ1v) is 12.5. The van der Waals surface area contributed by atoms with E-state index >= 15 is 0 Å². The number of nitrogens with zero attached hydrogens (tertiary/aromatic N) is 3. The molecule has 0 unspecified atom stereocenters. The van der Waals surface area contributed by atoms with Crippen molar-refractivity contribution in [3.05, 3.63) is 46.4 Å². The number of aromatic nitrogens is 3. The Hall–Kier alpha value is -2.45. The van der Waals surface area contributed by atoms with Gasteiger partial charge in [-0.2, -0.15) is 0 Å². The summed E-state index contributed by atoms with van der Waals surface area (Å²) in [5.74, 6) is 0.506. The van der Waals surface area contributed by atoms with Crippen LogP contribution in [0.3, 0.4) is 0 Å². The van der Waals surface area contributed by atoms with Crippen LogP contribution in [0.5, 0.6) is 0 Å². The zero-order valence-corrected chi connectivity index (χ0v) is 19.3. The molecular formula is C23H31N5O2S. The Morgan fingerprint density at radius 2 is 1.81 bits per heavy atom. The molecule has 0 saturated carbocycles. The molecule has 166 valence electrons. The number of hydrogen-bond acceptors (Lipinski definition) is 5. The molecule has 0 atom stereocenters. The summed E-state index contributed by atoms with van der Waals surface area (Å²) in [7, 11) is -3.52. The van der Waals surface area contributed by atoms with Gasteiger partial charge >= 0.3 is 0 Å². The third kappa shape index (κ3) is 4.32. The van der Waals surface area contributed by atoms with E-state index < -0.39 is 10.0 Å². The Morgan fingerprint density at radius 1 is 1.10 bits per heavy atom. The maximum absolute atomic E-state index is 12.8. The van der Waals surface area contributed by atoms with E-state index in [0.29, 0.717) is 17.3 Å². The predicted molar refractivity (Wildman–Crippen MR) is 124 cm³/mol. The number of nitrogens with one attached hydrogen (secondary N) is 1. The van der Waals surface area contributed by atoms with Gasteiger partial charge in [0.2, 0.25) is 10.0 Å². The maximum Gasteiger partial charge on any atom is 0.241 e. The van der Waals surface area contributed by atoms with Crippen LogP contribution >= 0.6 is 0 Å². The molecule has 4 rings (SSSR count). The Kier molecular flexibility index (Phi) is 6.03. The lowest BCUT2D eigenvalue weighted by molar-refractivity contribution is 0.566. The van der Waals surface area contributed by atoms with Crippen LogP contribution in [0, 0.1) is 20.8 Å². The van der Waals surface area contributed by atoms with Crippen molar-refractivity contribution in [1.29, 1.82) is 0 Å². The van der Waals surface area contributed by atoms with Crippen molar-refractivity contribution in [3.63, 3.8) is 0 Å². The van der Waals surface area contributed by atoms with Gasteiger partial charge in [-0.05, 0) is 76.0 Å². The predicted octanol–water partition coefficient (Wildman–Crippen LogP) is 3.58. The van der Waals surface area contributed by atoms with E-state index in [2.05, 4.69) is 19.3 Å². The van der Waals surface area contributed by atoms with E-state index in [1.807, 2.05) is 39.2 Å². The van der Waals surface area contributed by atoms with Gasteiger partial charge in [-0.3, -0.25) is 0 Å². The first-order chi connectivity index (χ1) is 14.8. The summed E-state index contributed by atoms with van der Waals surface area (Å²) in [4.78, 5) is 9.46. The molecule has 0 radical (unpaired) electrons. The smallest absolute Gasteiger partial charge is 0.241 e. The minimum atomic E-state index is -3.52. The van der Waals surface area contributed by atoms with Gasteiger partial charge in [0.25, 0.3) is 0 Å². The average Bonchev–Trinajstić information content (AvgIpc) is 3.11. The highest BCUT2D eigenvalue weighted by Crippen LogP contribution is 2.30. The zero-order valence-electron chi connectivity index (χ0n) is 18.5. The van der Waals surface area contributed by atoms with E-state index in [9.17, 15) is 8.42 Å². The van der Waals surface area contributed by atoms with Gasteiger partial charge in [-0.25, -0.2) is 23.1 Å². The minimum Gasteiger partial charge on any atom is -0.382 e. The summed E-state index contributed by atoms with van der Waals surface area (Å²) in [6.07, 6.45) is 7.72. The fourth-order valence-electron chi connectivity index (χ4n) is 4.80. The molecule has 0 fully saturated rings. The summed E-state index contributed by atoms with van der Waals surface area (Å²) in [5.41, 5.74) is 13.1. The summed E-state index contributed by atoms with van der Waals surface area (Å²) in [5, 5.41) is 0. The number of pyridine rings is 1. The summed E-state index contributed by atoms with van der Waals surface area (Å²) in [6, 6.07) is 3.82. The second kappa shape index (κ2) is 8.59. The molecule has 31 heavy (non-hydrogen) atoms. The Bertz CT molecular complexity index is 1210. The fourth-order valence-corrected chi connectivity index (χ4v) is 6.32. The lowest BCUT2D eigenvalue weighted by atomic mass is 9.95. The number of fused-ring (bicyclic) bond motifs is 3. The van der Waals surface area contributed by atoms with E-state index in [4.69, 9.17) is 5.73 Å².